The van der Waals surface area contributed by atoms with Crippen LogP contribution in [0.25, 0.3) is 0 Å². The number of nitrogens with two attached hydrogens (primary N) is 1. The van der Waals surface area contributed by atoms with Crippen molar-refractivity contribution < 1.29 is 4.74 Å². The molecular formula is C16H22N2O. The monoisotopic (exact) mass is 258 g/mol. The van der Waals surface area contributed by atoms with Gasteiger partial charge in [0.25, 0.3) is 0 Å². The minimum absolute atomic E-state index is 0.169. The van der Waals surface area contributed by atoms with Gasteiger partial charge in [-0.25, -0.2) is 0 Å². The fourth-order valence-corrected chi connectivity index (χ4v) is 4.10. The fraction of sp³-hybridized carbons (Fsp3) is 0.625. The third kappa shape index (κ3) is 2.00. The Hall–Kier alpha value is -0.900. The standard InChI is InChI=1S/C16H22N2O/c17-16-14-4-2-1-3-11(14)5-8-15(16)18-9-12-6-7-13(10-18)19-12/h1-4,12-13,15-16H,5-10,17H2. The second-order valence-electron chi connectivity index (χ2n) is 6.24. The minimum Gasteiger partial charge on any atom is -0.372 e. The van der Waals surface area contributed by atoms with Crippen molar-refractivity contribution >= 4 is 0 Å². The zero-order valence-electron chi connectivity index (χ0n) is 11.3. The third-order valence-electron chi connectivity index (χ3n) is 5.08. The Balaban J connectivity index is 1.57. The Labute approximate surface area is 114 Å². The summed E-state index contributed by atoms with van der Waals surface area (Å²) in [5.74, 6) is 0. The Morgan fingerprint density at radius 3 is 2.58 bits per heavy atom. The summed E-state index contributed by atoms with van der Waals surface area (Å²) in [4.78, 5) is 2.60. The van der Waals surface area contributed by atoms with E-state index >= 15 is 0 Å². The van der Waals surface area contributed by atoms with Crippen LogP contribution in [0.2, 0.25) is 0 Å². The second kappa shape index (κ2) is 4.58. The number of aryl methyl sites for hydroxylation is 1. The van der Waals surface area contributed by atoms with E-state index in [-0.39, 0.29) is 6.04 Å². The van der Waals surface area contributed by atoms with Crippen LogP contribution in [0.4, 0.5) is 0 Å². The predicted octanol–water partition coefficient (Wildman–Crippen LogP) is 1.86. The van der Waals surface area contributed by atoms with E-state index in [0.29, 0.717) is 18.2 Å². The fourth-order valence-electron chi connectivity index (χ4n) is 4.10. The van der Waals surface area contributed by atoms with Gasteiger partial charge < -0.3 is 10.5 Å². The maximum atomic E-state index is 6.55. The quantitative estimate of drug-likeness (QED) is 0.835. The smallest absolute Gasteiger partial charge is 0.0707 e. The first-order valence-electron chi connectivity index (χ1n) is 7.54. The van der Waals surface area contributed by atoms with E-state index in [4.69, 9.17) is 10.5 Å². The average molecular weight is 258 g/mol. The molecule has 2 heterocycles. The molecule has 3 heteroatoms. The van der Waals surface area contributed by atoms with Crippen LogP contribution in [-0.2, 0) is 11.2 Å². The molecule has 2 saturated heterocycles. The first-order valence-corrected chi connectivity index (χ1v) is 7.54. The van der Waals surface area contributed by atoms with Gasteiger partial charge in [0, 0.05) is 25.2 Å². The van der Waals surface area contributed by atoms with Gasteiger partial charge in [-0.1, -0.05) is 24.3 Å². The zero-order chi connectivity index (χ0) is 12.8. The van der Waals surface area contributed by atoms with Gasteiger partial charge in [0.2, 0.25) is 0 Å². The van der Waals surface area contributed by atoms with E-state index in [1.807, 2.05) is 0 Å². The van der Waals surface area contributed by atoms with Crippen molar-refractivity contribution in [1.29, 1.82) is 0 Å². The highest BCUT2D eigenvalue weighted by Gasteiger charge is 2.39. The van der Waals surface area contributed by atoms with Crippen LogP contribution in [0.3, 0.4) is 0 Å². The summed E-state index contributed by atoms with van der Waals surface area (Å²) in [5.41, 5.74) is 9.36. The summed E-state index contributed by atoms with van der Waals surface area (Å²) in [5, 5.41) is 0. The van der Waals surface area contributed by atoms with Crippen LogP contribution < -0.4 is 5.73 Å². The highest BCUT2D eigenvalue weighted by molar-refractivity contribution is 5.33. The van der Waals surface area contributed by atoms with Gasteiger partial charge in [-0.2, -0.15) is 0 Å². The molecule has 4 unspecified atom stereocenters. The van der Waals surface area contributed by atoms with Crippen molar-refractivity contribution in [1.82, 2.24) is 4.90 Å². The Morgan fingerprint density at radius 1 is 1.05 bits per heavy atom. The summed E-state index contributed by atoms with van der Waals surface area (Å²) in [6.07, 6.45) is 5.75. The molecule has 1 aromatic carbocycles. The number of morpholine rings is 1. The molecule has 4 rings (SSSR count). The molecule has 1 aliphatic carbocycles. The molecule has 4 atom stereocenters. The van der Waals surface area contributed by atoms with Crippen LogP contribution >= 0.6 is 0 Å². The number of likely N-dealkylation sites (tertiary alicyclic amines) is 1. The van der Waals surface area contributed by atoms with Crippen molar-refractivity contribution in [2.24, 2.45) is 5.73 Å². The largest absolute Gasteiger partial charge is 0.372 e. The van der Waals surface area contributed by atoms with Gasteiger partial charge in [0.1, 0.15) is 0 Å². The van der Waals surface area contributed by atoms with E-state index in [1.165, 1.54) is 36.8 Å². The maximum Gasteiger partial charge on any atom is 0.0707 e. The highest BCUT2D eigenvalue weighted by Crippen LogP contribution is 2.35. The number of benzene rings is 1. The molecule has 0 spiro atoms. The van der Waals surface area contributed by atoms with Gasteiger partial charge in [-0.15, -0.1) is 0 Å². The lowest BCUT2D eigenvalue weighted by Gasteiger charge is -2.43. The van der Waals surface area contributed by atoms with E-state index in [1.54, 1.807) is 0 Å². The second-order valence-corrected chi connectivity index (χ2v) is 6.24. The summed E-state index contributed by atoms with van der Waals surface area (Å²) in [6.45, 7) is 2.16. The summed E-state index contributed by atoms with van der Waals surface area (Å²) in [6, 6.07) is 9.35. The molecule has 102 valence electrons. The van der Waals surface area contributed by atoms with Crippen molar-refractivity contribution in [2.75, 3.05) is 13.1 Å². The molecule has 3 nitrogen and oxygen atoms in total. The van der Waals surface area contributed by atoms with E-state index in [0.717, 1.165) is 13.1 Å². The topological polar surface area (TPSA) is 38.5 Å². The molecule has 0 amide bonds. The number of fused-ring (bicyclic) bond motifs is 3. The van der Waals surface area contributed by atoms with Crippen molar-refractivity contribution in [3.8, 4) is 0 Å². The summed E-state index contributed by atoms with van der Waals surface area (Å²) < 4.78 is 5.94. The molecule has 2 fully saturated rings. The van der Waals surface area contributed by atoms with Crippen LogP contribution in [0.5, 0.6) is 0 Å². The maximum absolute atomic E-state index is 6.55. The zero-order valence-corrected chi connectivity index (χ0v) is 11.3. The SMILES string of the molecule is NC1c2ccccc2CCC1N1CC2CCC(C1)O2. The number of nitrogens with zero attached hydrogens (tertiary/aromatic N) is 1. The predicted molar refractivity (Wildman–Crippen MR) is 74.9 cm³/mol. The normalized spacial score (nSPS) is 38.2. The van der Waals surface area contributed by atoms with E-state index in [2.05, 4.69) is 29.2 Å². The molecule has 2 aliphatic heterocycles. The van der Waals surface area contributed by atoms with Crippen molar-refractivity contribution in [2.45, 2.75) is 50.0 Å². The molecule has 3 aliphatic rings. The molecular weight excluding hydrogens is 236 g/mol. The van der Waals surface area contributed by atoms with Crippen LogP contribution in [-0.4, -0.2) is 36.2 Å². The van der Waals surface area contributed by atoms with Crippen LogP contribution in [0.1, 0.15) is 36.4 Å². The number of rotatable bonds is 1. The lowest BCUT2D eigenvalue weighted by Crippen LogP contribution is -2.52. The first-order chi connectivity index (χ1) is 9.31. The summed E-state index contributed by atoms with van der Waals surface area (Å²) in [7, 11) is 0. The Kier molecular flexibility index (Phi) is 2.87. The molecule has 0 aromatic heterocycles. The number of ether oxygens (including phenoxy) is 1. The third-order valence-corrected chi connectivity index (χ3v) is 5.08. The van der Waals surface area contributed by atoms with E-state index in [9.17, 15) is 0 Å². The Bertz CT molecular complexity index is 464. The lowest BCUT2D eigenvalue weighted by atomic mass is 9.83. The average Bonchev–Trinajstić information content (AvgIpc) is 2.78. The van der Waals surface area contributed by atoms with Crippen LogP contribution in [0, 0.1) is 0 Å². The van der Waals surface area contributed by atoms with Gasteiger partial charge in [-0.05, 0) is 36.8 Å². The minimum atomic E-state index is 0.169. The Morgan fingerprint density at radius 2 is 1.79 bits per heavy atom. The molecule has 1 aromatic rings. The lowest BCUT2D eigenvalue weighted by molar-refractivity contribution is -0.0581. The van der Waals surface area contributed by atoms with Crippen LogP contribution in [0.15, 0.2) is 24.3 Å². The van der Waals surface area contributed by atoms with Gasteiger partial charge in [0.05, 0.1) is 12.2 Å². The van der Waals surface area contributed by atoms with Gasteiger partial charge in [0.15, 0.2) is 0 Å². The number of hydrogen-bond donors (Lipinski definition) is 1. The molecule has 2 N–H and O–H groups in total. The van der Waals surface area contributed by atoms with Gasteiger partial charge in [-0.3, -0.25) is 4.90 Å². The van der Waals surface area contributed by atoms with Crippen molar-refractivity contribution in [3.05, 3.63) is 35.4 Å². The molecule has 19 heavy (non-hydrogen) atoms. The highest BCUT2D eigenvalue weighted by atomic mass is 16.5. The van der Waals surface area contributed by atoms with Gasteiger partial charge >= 0.3 is 0 Å². The van der Waals surface area contributed by atoms with Crippen molar-refractivity contribution in [3.63, 3.8) is 0 Å². The molecule has 0 saturated carbocycles. The molecule has 2 bridgehead atoms. The number of hydrogen-bond acceptors (Lipinski definition) is 3. The van der Waals surface area contributed by atoms with E-state index < -0.39 is 0 Å². The first kappa shape index (κ1) is 11.9. The molecule has 0 radical (unpaired) electrons. The summed E-state index contributed by atoms with van der Waals surface area (Å²) >= 11 is 0.